The van der Waals surface area contributed by atoms with Gasteiger partial charge >= 0.3 is 0 Å². The van der Waals surface area contributed by atoms with Gasteiger partial charge in [-0.15, -0.1) is 22.6 Å². The van der Waals surface area contributed by atoms with Crippen molar-refractivity contribution in [1.82, 2.24) is 15.5 Å². The number of anilines is 1. The molecule has 2 N–H and O–H groups in total. The summed E-state index contributed by atoms with van der Waals surface area (Å²) in [5, 5.41) is 14.6. The molecule has 0 aromatic carbocycles. The highest BCUT2D eigenvalue weighted by atomic mass is 35.5. The van der Waals surface area contributed by atoms with E-state index >= 15 is 0 Å². The van der Waals surface area contributed by atoms with Gasteiger partial charge in [0.2, 0.25) is 0 Å². The van der Waals surface area contributed by atoms with Crippen LogP contribution in [0.15, 0.2) is 12.1 Å². The maximum absolute atomic E-state index is 5.61. The Labute approximate surface area is 93.8 Å². The molecule has 1 unspecified atom stereocenters. The van der Waals surface area contributed by atoms with Gasteiger partial charge in [-0.1, -0.05) is 11.6 Å². The number of rotatable bonds is 2. The van der Waals surface area contributed by atoms with Crippen molar-refractivity contribution in [3.05, 3.63) is 17.3 Å². The van der Waals surface area contributed by atoms with E-state index in [1.54, 1.807) is 6.07 Å². The molecule has 78 valence electrons. The molecule has 4 nitrogen and oxygen atoms in total. The van der Waals surface area contributed by atoms with Gasteiger partial charge in [-0.2, -0.15) is 0 Å². The number of aromatic nitrogens is 2. The fourth-order valence-corrected chi connectivity index (χ4v) is 1.48. The van der Waals surface area contributed by atoms with E-state index in [1.165, 1.54) is 0 Å². The second-order valence-electron chi connectivity index (χ2n) is 3.08. The first-order chi connectivity index (χ1) is 6.34. The summed E-state index contributed by atoms with van der Waals surface area (Å²) in [5.74, 6) is 0.790. The number of hydrogen-bond donors (Lipinski definition) is 2. The normalized spacial score (nSPS) is 20.2. The summed E-state index contributed by atoms with van der Waals surface area (Å²) in [4.78, 5) is 0. The van der Waals surface area contributed by atoms with Gasteiger partial charge in [0.25, 0.3) is 0 Å². The Morgan fingerprint density at radius 3 is 2.86 bits per heavy atom. The lowest BCUT2D eigenvalue weighted by Gasteiger charge is -2.10. The van der Waals surface area contributed by atoms with Gasteiger partial charge in [0.05, 0.1) is 0 Å². The van der Waals surface area contributed by atoms with Gasteiger partial charge in [0, 0.05) is 12.6 Å². The zero-order valence-electron chi connectivity index (χ0n) is 7.53. The van der Waals surface area contributed by atoms with Crippen LogP contribution in [0.5, 0.6) is 0 Å². The van der Waals surface area contributed by atoms with E-state index in [1.807, 2.05) is 6.07 Å². The van der Waals surface area contributed by atoms with Crippen LogP contribution in [0.1, 0.15) is 6.42 Å². The van der Waals surface area contributed by atoms with E-state index in [-0.39, 0.29) is 12.4 Å². The SMILES string of the molecule is Cl.Clc1ccc(NC2CCNC2)nn1. The van der Waals surface area contributed by atoms with Gasteiger partial charge in [-0.25, -0.2) is 0 Å². The molecule has 14 heavy (non-hydrogen) atoms. The smallest absolute Gasteiger partial charge is 0.151 e. The minimum Gasteiger partial charge on any atom is -0.365 e. The second kappa shape index (κ2) is 5.34. The minimum absolute atomic E-state index is 0. The lowest BCUT2D eigenvalue weighted by atomic mass is 10.2. The topological polar surface area (TPSA) is 49.8 Å². The molecule has 6 heteroatoms. The fraction of sp³-hybridized carbons (Fsp3) is 0.500. The van der Waals surface area contributed by atoms with Crippen molar-refractivity contribution in [2.45, 2.75) is 12.5 Å². The Kier molecular flexibility index (Phi) is 4.38. The molecule has 0 amide bonds. The van der Waals surface area contributed by atoms with Crippen molar-refractivity contribution < 1.29 is 0 Å². The molecule has 1 saturated heterocycles. The predicted octanol–water partition coefficient (Wildman–Crippen LogP) is 1.33. The molecule has 0 spiro atoms. The largest absolute Gasteiger partial charge is 0.365 e. The van der Waals surface area contributed by atoms with Crippen LogP contribution < -0.4 is 10.6 Å². The molecule has 1 aliphatic rings. The first kappa shape index (κ1) is 11.5. The highest BCUT2D eigenvalue weighted by Gasteiger charge is 2.13. The van der Waals surface area contributed by atoms with Gasteiger partial charge in [0.1, 0.15) is 5.82 Å². The van der Waals surface area contributed by atoms with E-state index in [2.05, 4.69) is 20.8 Å². The molecular weight excluding hydrogens is 223 g/mol. The average molecular weight is 235 g/mol. The van der Waals surface area contributed by atoms with Crippen LogP contribution in [0.3, 0.4) is 0 Å². The van der Waals surface area contributed by atoms with E-state index < -0.39 is 0 Å². The lowest BCUT2D eigenvalue weighted by molar-refractivity contribution is 0.782. The maximum atomic E-state index is 5.61. The summed E-state index contributed by atoms with van der Waals surface area (Å²) in [6.07, 6.45) is 1.13. The summed E-state index contributed by atoms with van der Waals surface area (Å²) in [5.41, 5.74) is 0. The third-order valence-corrected chi connectivity index (χ3v) is 2.25. The van der Waals surface area contributed by atoms with Gasteiger partial charge in [-0.05, 0) is 25.1 Å². The number of halogens is 2. The van der Waals surface area contributed by atoms with E-state index in [9.17, 15) is 0 Å². The molecule has 1 aromatic heterocycles. The average Bonchev–Trinajstić information content (AvgIpc) is 2.62. The molecule has 0 aliphatic carbocycles. The molecule has 1 atom stereocenters. The molecule has 0 bridgehead atoms. The molecule has 2 heterocycles. The molecule has 1 aromatic rings. The van der Waals surface area contributed by atoms with Gasteiger partial charge in [0.15, 0.2) is 5.15 Å². The quantitative estimate of drug-likeness (QED) is 0.811. The third kappa shape index (κ3) is 2.97. The molecular formula is C8H12Cl2N4. The lowest BCUT2D eigenvalue weighted by Crippen LogP contribution is -2.22. The van der Waals surface area contributed by atoms with Crippen LogP contribution in [0.4, 0.5) is 5.82 Å². The van der Waals surface area contributed by atoms with Crippen LogP contribution in [-0.2, 0) is 0 Å². The van der Waals surface area contributed by atoms with Crippen LogP contribution in [-0.4, -0.2) is 29.3 Å². The van der Waals surface area contributed by atoms with Gasteiger partial charge < -0.3 is 10.6 Å². The summed E-state index contributed by atoms with van der Waals surface area (Å²) in [7, 11) is 0. The Balaban J connectivity index is 0.000000980. The van der Waals surface area contributed by atoms with Gasteiger partial charge in [-0.3, -0.25) is 0 Å². The summed E-state index contributed by atoms with van der Waals surface area (Å²) >= 11 is 5.61. The van der Waals surface area contributed by atoms with Crippen molar-refractivity contribution in [3.8, 4) is 0 Å². The number of hydrogen-bond acceptors (Lipinski definition) is 4. The fourth-order valence-electron chi connectivity index (χ4n) is 1.38. The Morgan fingerprint density at radius 2 is 2.29 bits per heavy atom. The van der Waals surface area contributed by atoms with Crippen LogP contribution in [0.2, 0.25) is 5.15 Å². The molecule has 0 radical (unpaired) electrons. The molecule has 1 aliphatic heterocycles. The van der Waals surface area contributed by atoms with E-state index in [4.69, 9.17) is 11.6 Å². The molecule has 0 saturated carbocycles. The Bertz CT molecular complexity index is 271. The Hall–Kier alpha value is -0.580. The van der Waals surface area contributed by atoms with Crippen molar-refractivity contribution in [2.24, 2.45) is 0 Å². The second-order valence-corrected chi connectivity index (χ2v) is 3.46. The number of nitrogens with one attached hydrogen (secondary N) is 2. The summed E-state index contributed by atoms with van der Waals surface area (Å²) < 4.78 is 0. The number of nitrogens with zero attached hydrogens (tertiary/aromatic N) is 2. The zero-order chi connectivity index (χ0) is 9.10. The molecule has 1 fully saturated rings. The first-order valence-electron chi connectivity index (χ1n) is 4.31. The van der Waals surface area contributed by atoms with Crippen molar-refractivity contribution in [3.63, 3.8) is 0 Å². The highest BCUT2D eigenvalue weighted by molar-refractivity contribution is 6.29. The van der Waals surface area contributed by atoms with Crippen molar-refractivity contribution >= 4 is 29.8 Å². The van der Waals surface area contributed by atoms with Crippen LogP contribution >= 0.6 is 24.0 Å². The van der Waals surface area contributed by atoms with Crippen LogP contribution in [0.25, 0.3) is 0 Å². The highest BCUT2D eigenvalue weighted by Crippen LogP contribution is 2.09. The first-order valence-corrected chi connectivity index (χ1v) is 4.69. The Morgan fingerprint density at radius 1 is 1.43 bits per heavy atom. The zero-order valence-corrected chi connectivity index (χ0v) is 9.11. The van der Waals surface area contributed by atoms with E-state index in [0.717, 1.165) is 25.3 Å². The summed E-state index contributed by atoms with van der Waals surface area (Å²) in [6, 6.07) is 4.04. The van der Waals surface area contributed by atoms with Crippen molar-refractivity contribution in [1.29, 1.82) is 0 Å². The van der Waals surface area contributed by atoms with E-state index in [0.29, 0.717) is 11.2 Å². The maximum Gasteiger partial charge on any atom is 0.151 e. The molecule has 2 rings (SSSR count). The minimum atomic E-state index is 0. The van der Waals surface area contributed by atoms with Crippen LogP contribution in [0, 0.1) is 0 Å². The summed E-state index contributed by atoms with van der Waals surface area (Å²) in [6.45, 7) is 2.06. The third-order valence-electron chi connectivity index (χ3n) is 2.04. The standard InChI is InChI=1S/C8H11ClN4.ClH/c9-7-1-2-8(13-12-7)11-6-3-4-10-5-6;/h1-2,6,10H,3-5H2,(H,11,13);1H. The predicted molar refractivity (Wildman–Crippen MR) is 59.2 cm³/mol. The van der Waals surface area contributed by atoms with Crippen molar-refractivity contribution in [2.75, 3.05) is 18.4 Å². The monoisotopic (exact) mass is 234 g/mol.